The summed E-state index contributed by atoms with van der Waals surface area (Å²) < 4.78 is 31.5. The molecule has 156 valence electrons. The maximum atomic E-state index is 11.9. The highest BCUT2D eigenvalue weighted by Crippen LogP contribution is 2.14. The number of nitrogens with zero attached hydrogens (tertiary/aromatic N) is 5. The average Bonchev–Trinajstić information content (AvgIpc) is 2.99. The van der Waals surface area contributed by atoms with Gasteiger partial charge < -0.3 is 22.3 Å². The average molecular weight is 477 g/mol. The lowest BCUT2D eigenvalue weighted by Crippen LogP contribution is -3.00. The Bertz CT molecular complexity index is 877. The molecule has 12 heteroatoms. The van der Waals surface area contributed by atoms with Crippen molar-refractivity contribution < 1.29 is 39.1 Å². The molecule has 0 spiro atoms. The first-order valence-corrected chi connectivity index (χ1v) is 9.97. The smallest absolute Gasteiger partial charge is 0.288 e. The second-order valence-electron chi connectivity index (χ2n) is 7.29. The molecule has 10 nitrogen and oxygen atoms in total. The van der Waals surface area contributed by atoms with Crippen molar-refractivity contribution in [2.75, 3.05) is 18.9 Å². The first-order valence-electron chi connectivity index (χ1n) is 8.40. The molecule has 1 N–H and O–H groups in total. The Morgan fingerprint density at radius 1 is 1.36 bits per heavy atom. The number of carbonyl (C=O) groups is 1. The Morgan fingerprint density at radius 2 is 2.07 bits per heavy atom. The van der Waals surface area contributed by atoms with Gasteiger partial charge in [-0.2, -0.15) is 13.5 Å². The van der Waals surface area contributed by atoms with Gasteiger partial charge in [-0.25, -0.2) is 4.98 Å². The van der Waals surface area contributed by atoms with Crippen molar-refractivity contribution in [1.82, 2.24) is 25.2 Å². The second kappa shape index (κ2) is 10.0. The zero-order valence-corrected chi connectivity index (χ0v) is 18.7. The van der Waals surface area contributed by atoms with Gasteiger partial charge in [0.2, 0.25) is 0 Å². The lowest BCUT2D eigenvalue weighted by Gasteiger charge is -2.17. The van der Waals surface area contributed by atoms with Crippen molar-refractivity contribution in [3.63, 3.8) is 0 Å². The topological polar surface area (TPSA) is 120 Å². The quantitative estimate of drug-likeness (QED) is 0.312. The number of aryl methyl sites for hydroxylation is 1. The SMILES string of the molecule is Cn1cnc(-c2cc[n+](CC(=O)NCCS(=O)(=O)OCC(C)(C)C)nc2)n1.[Br-]. The number of hydrogen-bond donors (Lipinski definition) is 1. The molecule has 0 unspecified atom stereocenters. The van der Waals surface area contributed by atoms with Crippen molar-refractivity contribution >= 4 is 16.0 Å². The molecule has 0 saturated carbocycles. The molecule has 0 radical (unpaired) electrons. The number of amides is 1. The number of aromatic nitrogens is 5. The lowest BCUT2D eigenvalue weighted by atomic mass is 9.99. The zero-order chi connectivity index (χ0) is 20.1. The molecule has 0 aliphatic heterocycles. The Morgan fingerprint density at radius 3 is 2.61 bits per heavy atom. The molecule has 0 atom stereocenters. The Hall–Kier alpha value is -1.92. The predicted octanol–water partition coefficient (Wildman–Crippen LogP) is -3.32. The largest absolute Gasteiger partial charge is 1.00 e. The highest BCUT2D eigenvalue weighted by Gasteiger charge is 2.19. The molecule has 28 heavy (non-hydrogen) atoms. The number of hydrogen-bond acceptors (Lipinski definition) is 7. The van der Waals surface area contributed by atoms with E-state index in [0.29, 0.717) is 5.82 Å². The van der Waals surface area contributed by atoms with Gasteiger partial charge in [-0.05, 0) is 10.5 Å². The molecule has 2 aromatic rings. The Labute approximate surface area is 175 Å². The van der Waals surface area contributed by atoms with E-state index in [1.54, 1.807) is 36.5 Å². The van der Waals surface area contributed by atoms with Crippen molar-refractivity contribution in [3.8, 4) is 11.4 Å². The highest BCUT2D eigenvalue weighted by molar-refractivity contribution is 7.86. The van der Waals surface area contributed by atoms with Crippen LogP contribution in [0.1, 0.15) is 20.8 Å². The van der Waals surface area contributed by atoms with E-state index >= 15 is 0 Å². The van der Waals surface area contributed by atoms with Gasteiger partial charge in [0.25, 0.3) is 22.6 Å². The third-order valence-corrected chi connectivity index (χ3v) is 4.46. The summed E-state index contributed by atoms with van der Waals surface area (Å²) in [6.07, 6.45) is 4.78. The molecule has 0 aliphatic rings. The fraction of sp³-hybridized carbons (Fsp3) is 0.562. The van der Waals surface area contributed by atoms with Crippen LogP contribution < -0.4 is 27.0 Å². The van der Waals surface area contributed by atoms with Gasteiger partial charge in [-0.15, -0.1) is 0 Å². The van der Waals surface area contributed by atoms with Gasteiger partial charge in [0.15, 0.2) is 12.0 Å². The van der Waals surface area contributed by atoms with E-state index in [4.69, 9.17) is 4.18 Å². The van der Waals surface area contributed by atoms with E-state index in [1.165, 1.54) is 4.68 Å². The highest BCUT2D eigenvalue weighted by atomic mass is 79.9. The minimum atomic E-state index is -3.67. The van der Waals surface area contributed by atoms with E-state index < -0.39 is 10.1 Å². The number of halogens is 1. The fourth-order valence-electron chi connectivity index (χ4n) is 1.93. The van der Waals surface area contributed by atoms with E-state index in [-0.39, 0.29) is 53.8 Å². The summed E-state index contributed by atoms with van der Waals surface area (Å²) >= 11 is 0. The Kier molecular flexibility index (Phi) is 8.64. The minimum Gasteiger partial charge on any atom is -1.00 e. The molecule has 0 saturated heterocycles. The van der Waals surface area contributed by atoms with Crippen molar-refractivity contribution in [1.29, 1.82) is 0 Å². The van der Waals surface area contributed by atoms with Gasteiger partial charge in [0.05, 0.1) is 17.9 Å². The second-order valence-corrected chi connectivity index (χ2v) is 9.05. The third kappa shape index (κ3) is 8.40. The molecule has 2 heterocycles. The number of nitrogens with one attached hydrogen (secondary N) is 1. The van der Waals surface area contributed by atoms with Gasteiger partial charge in [-0.3, -0.25) is 13.7 Å². The standard InChI is InChI=1S/C16H24N6O4S.BrH/c1-16(2,3)11-26-27(24,25)8-6-17-14(23)10-22-7-5-13(9-19-22)15-18-12-21(4)20-15;/h5,7,9,12H,6,8,10-11H2,1-4H3;1H. The molecular formula is C16H25BrN6O4S. The summed E-state index contributed by atoms with van der Waals surface area (Å²) in [6.45, 7) is 5.68. The third-order valence-electron chi connectivity index (χ3n) is 3.28. The Balaban J connectivity index is 0.00000392. The maximum absolute atomic E-state index is 11.9. The van der Waals surface area contributed by atoms with Crippen LogP contribution in [0, 0.1) is 5.41 Å². The minimum absolute atomic E-state index is 0. The first kappa shape index (κ1) is 24.1. The van der Waals surface area contributed by atoms with E-state index in [2.05, 4.69) is 20.5 Å². The molecular weight excluding hydrogens is 452 g/mol. The van der Waals surface area contributed by atoms with Gasteiger partial charge in [0.1, 0.15) is 12.5 Å². The molecule has 0 fully saturated rings. The summed E-state index contributed by atoms with van der Waals surface area (Å²) in [6, 6.07) is 1.75. The normalized spacial score (nSPS) is 11.7. The summed E-state index contributed by atoms with van der Waals surface area (Å²) in [5.41, 5.74) is 0.476. The van der Waals surface area contributed by atoms with Crippen LogP contribution in [0.3, 0.4) is 0 Å². The summed E-state index contributed by atoms with van der Waals surface area (Å²) in [5, 5.41) is 10.9. The van der Waals surface area contributed by atoms with E-state index in [0.717, 1.165) is 5.56 Å². The van der Waals surface area contributed by atoms with Gasteiger partial charge in [0, 0.05) is 19.7 Å². The van der Waals surface area contributed by atoms with Crippen LogP contribution in [0.25, 0.3) is 11.4 Å². The van der Waals surface area contributed by atoms with Crippen LogP contribution in [-0.2, 0) is 32.7 Å². The van der Waals surface area contributed by atoms with Crippen LogP contribution in [0.2, 0.25) is 0 Å². The summed E-state index contributed by atoms with van der Waals surface area (Å²) in [5.74, 6) is -0.0821. The summed E-state index contributed by atoms with van der Waals surface area (Å²) in [4.78, 5) is 16.1. The molecule has 0 bridgehead atoms. The molecule has 2 aromatic heterocycles. The van der Waals surface area contributed by atoms with E-state index in [9.17, 15) is 13.2 Å². The maximum Gasteiger partial charge on any atom is 0.288 e. The van der Waals surface area contributed by atoms with Crippen molar-refractivity contribution in [2.24, 2.45) is 12.5 Å². The van der Waals surface area contributed by atoms with Crippen LogP contribution in [0.5, 0.6) is 0 Å². The van der Waals surface area contributed by atoms with Crippen molar-refractivity contribution in [3.05, 3.63) is 24.8 Å². The number of rotatable bonds is 8. The molecule has 1 amide bonds. The molecule has 0 aliphatic carbocycles. The van der Waals surface area contributed by atoms with Crippen LogP contribution >= 0.6 is 0 Å². The monoisotopic (exact) mass is 476 g/mol. The molecule has 2 rings (SSSR count). The van der Waals surface area contributed by atoms with E-state index in [1.807, 2.05) is 20.8 Å². The zero-order valence-electron chi connectivity index (χ0n) is 16.3. The van der Waals surface area contributed by atoms with Crippen LogP contribution in [0.4, 0.5) is 0 Å². The van der Waals surface area contributed by atoms with Crippen molar-refractivity contribution in [2.45, 2.75) is 27.3 Å². The predicted molar refractivity (Wildman–Crippen MR) is 96.6 cm³/mol. The van der Waals surface area contributed by atoms with Gasteiger partial charge in [-0.1, -0.05) is 25.5 Å². The van der Waals surface area contributed by atoms with Crippen LogP contribution in [0.15, 0.2) is 24.8 Å². The summed E-state index contributed by atoms with van der Waals surface area (Å²) in [7, 11) is -1.90. The lowest BCUT2D eigenvalue weighted by molar-refractivity contribution is -0.742. The van der Waals surface area contributed by atoms with Gasteiger partial charge >= 0.3 is 0 Å². The van der Waals surface area contributed by atoms with Crippen LogP contribution in [-0.4, -0.2) is 53.1 Å². The number of carbonyl (C=O) groups excluding carboxylic acids is 1. The molecule has 0 aromatic carbocycles. The first-order chi connectivity index (χ1) is 12.5. The fourth-order valence-corrected chi connectivity index (χ4v) is 2.93.